The Hall–Kier alpha value is -0.570. The van der Waals surface area contributed by atoms with Crippen LogP contribution < -0.4 is 0 Å². The maximum absolute atomic E-state index is 11.7. The Bertz CT molecular complexity index is 218. The van der Waals surface area contributed by atoms with Crippen LogP contribution in [0.5, 0.6) is 0 Å². The molecule has 0 bridgehead atoms. The predicted molar refractivity (Wildman–Crippen MR) is 69.9 cm³/mol. The van der Waals surface area contributed by atoms with Crippen LogP contribution >= 0.6 is 0 Å². The van der Waals surface area contributed by atoms with Crippen LogP contribution in [-0.2, 0) is 9.53 Å². The van der Waals surface area contributed by atoms with Crippen LogP contribution in [0.2, 0.25) is 0 Å². The first-order valence-electron chi connectivity index (χ1n) is 7.12. The van der Waals surface area contributed by atoms with Gasteiger partial charge >= 0.3 is 5.97 Å². The second-order valence-electron chi connectivity index (χ2n) is 4.84. The molecular weight excluding hydrogens is 214 g/mol. The van der Waals surface area contributed by atoms with Gasteiger partial charge in [0.2, 0.25) is 0 Å². The molecule has 1 rings (SSSR count). The lowest BCUT2D eigenvalue weighted by Gasteiger charge is -2.33. The Labute approximate surface area is 106 Å². The van der Waals surface area contributed by atoms with Crippen molar-refractivity contribution in [3.63, 3.8) is 0 Å². The number of ether oxygens (including phenoxy) is 1. The summed E-state index contributed by atoms with van der Waals surface area (Å²) in [6, 6.07) is 0.395. The molecule has 100 valence electrons. The largest absolute Gasteiger partial charge is 0.466 e. The summed E-state index contributed by atoms with van der Waals surface area (Å²) < 4.78 is 5.11. The number of hydrogen-bond acceptors (Lipinski definition) is 3. The standard InChI is InChI=1S/C14H27NO2/c1-4-15(5-2)13(11-14(16)17-6-3)12-9-7-8-10-12/h12-13H,4-11H2,1-3H3. The molecule has 0 radical (unpaired) electrons. The van der Waals surface area contributed by atoms with Crippen molar-refractivity contribution < 1.29 is 9.53 Å². The van der Waals surface area contributed by atoms with E-state index in [4.69, 9.17) is 4.74 Å². The summed E-state index contributed by atoms with van der Waals surface area (Å²) in [5.41, 5.74) is 0. The summed E-state index contributed by atoms with van der Waals surface area (Å²) >= 11 is 0. The molecule has 0 aliphatic heterocycles. The van der Waals surface area contributed by atoms with E-state index < -0.39 is 0 Å². The monoisotopic (exact) mass is 241 g/mol. The van der Waals surface area contributed by atoms with E-state index in [0.717, 1.165) is 13.1 Å². The van der Waals surface area contributed by atoms with Gasteiger partial charge in [-0.25, -0.2) is 0 Å². The van der Waals surface area contributed by atoms with Crippen molar-refractivity contribution in [3.05, 3.63) is 0 Å². The molecule has 0 amide bonds. The van der Waals surface area contributed by atoms with Crippen molar-refractivity contribution in [3.8, 4) is 0 Å². The van der Waals surface area contributed by atoms with Crippen LogP contribution in [0.25, 0.3) is 0 Å². The highest BCUT2D eigenvalue weighted by molar-refractivity contribution is 5.70. The third-order valence-electron chi connectivity index (χ3n) is 3.91. The van der Waals surface area contributed by atoms with Crippen molar-refractivity contribution in [1.82, 2.24) is 4.90 Å². The Balaban J connectivity index is 2.60. The van der Waals surface area contributed by atoms with Gasteiger partial charge in [0.05, 0.1) is 13.0 Å². The average molecular weight is 241 g/mol. The van der Waals surface area contributed by atoms with Crippen LogP contribution in [0, 0.1) is 5.92 Å². The fourth-order valence-electron chi connectivity index (χ4n) is 3.02. The molecule has 17 heavy (non-hydrogen) atoms. The summed E-state index contributed by atoms with van der Waals surface area (Å²) in [6.45, 7) is 8.77. The van der Waals surface area contributed by atoms with Crippen molar-refractivity contribution in [2.45, 2.75) is 58.9 Å². The average Bonchev–Trinajstić information content (AvgIpc) is 2.83. The molecule has 0 heterocycles. The van der Waals surface area contributed by atoms with Gasteiger partial charge in [-0.05, 0) is 38.8 Å². The van der Waals surface area contributed by atoms with Crippen LogP contribution in [0.4, 0.5) is 0 Å². The lowest BCUT2D eigenvalue weighted by molar-refractivity contribution is -0.145. The number of nitrogens with zero attached hydrogens (tertiary/aromatic N) is 1. The van der Waals surface area contributed by atoms with Gasteiger partial charge in [0.25, 0.3) is 0 Å². The molecule has 1 saturated carbocycles. The van der Waals surface area contributed by atoms with Gasteiger partial charge < -0.3 is 9.64 Å². The molecule has 0 aromatic heterocycles. The minimum atomic E-state index is -0.0312. The highest BCUT2D eigenvalue weighted by atomic mass is 16.5. The normalized spacial score (nSPS) is 18.6. The van der Waals surface area contributed by atoms with Crippen LogP contribution in [0.15, 0.2) is 0 Å². The second kappa shape index (κ2) is 7.70. The maximum Gasteiger partial charge on any atom is 0.307 e. The van der Waals surface area contributed by atoms with Crippen LogP contribution in [-0.4, -0.2) is 36.6 Å². The number of rotatable bonds is 7. The summed E-state index contributed by atoms with van der Waals surface area (Å²) in [7, 11) is 0. The Morgan fingerprint density at radius 3 is 2.29 bits per heavy atom. The third kappa shape index (κ3) is 4.30. The molecule has 1 aliphatic rings. The number of carbonyl (C=O) groups is 1. The summed E-state index contributed by atoms with van der Waals surface area (Å²) in [5.74, 6) is 0.663. The van der Waals surface area contributed by atoms with Crippen molar-refractivity contribution >= 4 is 5.97 Å². The van der Waals surface area contributed by atoms with Crippen molar-refractivity contribution in [2.24, 2.45) is 5.92 Å². The van der Waals surface area contributed by atoms with Gasteiger partial charge in [-0.1, -0.05) is 26.7 Å². The minimum absolute atomic E-state index is 0.0312. The first-order valence-corrected chi connectivity index (χ1v) is 7.12. The van der Waals surface area contributed by atoms with Gasteiger partial charge in [0.15, 0.2) is 0 Å². The van der Waals surface area contributed by atoms with E-state index in [0.29, 0.717) is 25.0 Å². The molecule has 3 nitrogen and oxygen atoms in total. The van der Waals surface area contributed by atoms with Gasteiger partial charge in [-0.15, -0.1) is 0 Å². The second-order valence-corrected chi connectivity index (χ2v) is 4.84. The minimum Gasteiger partial charge on any atom is -0.466 e. The van der Waals surface area contributed by atoms with E-state index in [1.165, 1.54) is 25.7 Å². The highest BCUT2D eigenvalue weighted by Crippen LogP contribution is 2.32. The van der Waals surface area contributed by atoms with Gasteiger partial charge in [0, 0.05) is 6.04 Å². The fourth-order valence-corrected chi connectivity index (χ4v) is 3.02. The predicted octanol–water partition coefficient (Wildman–Crippen LogP) is 2.84. The molecule has 0 saturated heterocycles. The number of carbonyl (C=O) groups excluding carboxylic acids is 1. The van der Waals surface area contributed by atoms with Crippen molar-refractivity contribution in [1.29, 1.82) is 0 Å². The molecule has 0 spiro atoms. The van der Waals surface area contributed by atoms with Gasteiger partial charge in [-0.2, -0.15) is 0 Å². The molecule has 0 aromatic rings. The molecule has 0 aromatic carbocycles. The highest BCUT2D eigenvalue weighted by Gasteiger charge is 2.30. The maximum atomic E-state index is 11.7. The van der Waals surface area contributed by atoms with Crippen LogP contribution in [0.1, 0.15) is 52.9 Å². The lowest BCUT2D eigenvalue weighted by Crippen LogP contribution is -2.41. The molecule has 3 heteroatoms. The van der Waals surface area contributed by atoms with Gasteiger partial charge in [0.1, 0.15) is 0 Å². The molecule has 1 fully saturated rings. The SMILES string of the molecule is CCOC(=O)CC(C1CCCC1)N(CC)CC. The third-order valence-corrected chi connectivity index (χ3v) is 3.91. The number of hydrogen-bond donors (Lipinski definition) is 0. The molecular formula is C14H27NO2. The topological polar surface area (TPSA) is 29.5 Å². The fraction of sp³-hybridized carbons (Fsp3) is 0.929. The van der Waals surface area contributed by atoms with E-state index in [9.17, 15) is 4.79 Å². The zero-order valence-corrected chi connectivity index (χ0v) is 11.6. The smallest absolute Gasteiger partial charge is 0.307 e. The van der Waals surface area contributed by atoms with Gasteiger partial charge in [-0.3, -0.25) is 4.79 Å². The van der Waals surface area contributed by atoms with E-state index in [1.807, 2.05) is 6.92 Å². The molecule has 1 atom stereocenters. The summed E-state index contributed by atoms with van der Waals surface area (Å²) in [6.07, 6.45) is 5.78. The van der Waals surface area contributed by atoms with Crippen molar-refractivity contribution in [2.75, 3.05) is 19.7 Å². The Morgan fingerprint density at radius 1 is 1.24 bits per heavy atom. The molecule has 1 aliphatic carbocycles. The summed E-state index contributed by atoms with van der Waals surface area (Å²) in [4.78, 5) is 14.1. The molecule has 1 unspecified atom stereocenters. The van der Waals surface area contributed by atoms with E-state index in [1.54, 1.807) is 0 Å². The zero-order valence-electron chi connectivity index (χ0n) is 11.6. The Morgan fingerprint density at radius 2 is 1.82 bits per heavy atom. The zero-order chi connectivity index (χ0) is 12.7. The molecule has 0 N–H and O–H groups in total. The Kier molecular flexibility index (Phi) is 6.56. The van der Waals surface area contributed by atoms with E-state index in [-0.39, 0.29) is 5.97 Å². The number of esters is 1. The van der Waals surface area contributed by atoms with Crippen LogP contribution in [0.3, 0.4) is 0 Å². The first-order chi connectivity index (χ1) is 8.22. The first kappa shape index (κ1) is 14.5. The van der Waals surface area contributed by atoms with E-state index in [2.05, 4.69) is 18.7 Å². The quantitative estimate of drug-likeness (QED) is 0.642. The van der Waals surface area contributed by atoms with E-state index >= 15 is 0 Å². The lowest BCUT2D eigenvalue weighted by atomic mass is 9.93. The summed E-state index contributed by atoms with van der Waals surface area (Å²) in [5, 5.41) is 0.